The van der Waals surface area contributed by atoms with E-state index in [4.69, 9.17) is 14.4 Å². The molecule has 0 bridgehead atoms. The molecule has 8 aromatic rings. The second-order valence-electron chi connectivity index (χ2n) is 10.6. The number of rotatable bonds is 5. The Bertz CT molecular complexity index is 2230. The molecule has 0 saturated carbocycles. The van der Waals surface area contributed by atoms with Crippen LogP contribution in [0.3, 0.4) is 0 Å². The first-order chi connectivity index (χ1) is 21.3. The molecule has 2 aromatic heterocycles. The molecule has 3 heteroatoms. The normalized spacial score (nSPS) is 11.3. The van der Waals surface area contributed by atoms with E-state index in [0.717, 1.165) is 66.7 Å². The fourth-order valence-electron chi connectivity index (χ4n) is 5.79. The van der Waals surface area contributed by atoms with E-state index in [1.165, 1.54) is 5.56 Å². The van der Waals surface area contributed by atoms with Gasteiger partial charge in [-0.2, -0.15) is 0 Å². The maximum Gasteiger partial charge on any atom is 0.160 e. The van der Waals surface area contributed by atoms with Gasteiger partial charge < -0.3 is 4.42 Å². The lowest BCUT2D eigenvalue weighted by Gasteiger charge is -2.13. The molecule has 43 heavy (non-hydrogen) atoms. The zero-order valence-electron chi connectivity index (χ0n) is 23.3. The number of nitrogens with zero attached hydrogens (tertiary/aromatic N) is 2. The molecular weight excluding hydrogens is 524 g/mol. The number of benzene rings is 6. The van der Waals surface area contributed by atoms with Gasteiger partial charge in [-0.05, 0) is 52.6 Å². The Morgan fingerprint density at radius 3 is 1.81 bits per heavy atom. The van der Waals surface area contributed by atoms with Gasteiger partial charge in [-0.15, -0.1) is 0 Å². The van der Waals surface area contributed by atoms with Gasteiger partial charge in [0.2, 0.25) is 0 Å². The molecule has 0 atom stereocenters. The lowest BCUT2D eigenvalue weighted by molar-refractivity contribution is 0.669. The lowest BCUT2D eigenvalue weighted by Crippen LogP contribution is -1.97. The largest absolute Gasteiger partial charge is 0.456 e. The van der Waals surface area contributed by atoms with Crippen molar-refractivity contribution >= 4 is 21.9 Å². The lowest BCUT2D eigenvalue weighted by atomic mass is 9.95. The minimum atomic E-state index is 0.695. The fraction of sp³-hybridized carbons (Fsp3) is 0. The molecule has 0 radical (unpaired) electrons. The monoisotopic (exact) mass is 550 g/mol. The number of aromatic nitrogens is 2. The summed E-state index contributed by atoms with van der Waals surface area (Å²) in [6.07, 6.45) is 0. The third-order valence-corrected chi connectivity index (χ3v) is 7.92. The van der Waals surface area contributed by atoms with Crippen LogP contribution in [-0.4, -0.2) is 9.97 Å². The summed E-state index contributed by atoms with van der Waals surface area (Å²) in [7, 11) is 0. The van der Waals surface area contributed by atoms with E-state index in [2.05, 4.69) is 115 Å². The summed E-state index contributed by atoms with van der Waals surface area (Å²) < 4.78 is 6.24. The number of furan rings is 1. The molecule has 0 aliphatic carbocycles. The highest BCUT2D eigenvalue weighted by Gasteiger charge is 2.16. The zero-order valence-corrected chi connectivity index (χ0v) is 23.3. The highest BCUT2D eigenvalue weighted by atomic mass is 16.3. The molecule has 3 nitrogen and oxygen atoms in total. The Balaban J connectivity index is 1.30. The van der Waals surface area contributed by atoms with Gasteiger partial charge in [-0.25, -0.2) is 9.97 Å². The SMILES string of the molecule is c1ccc(-c2cccc(-c3cc(-c4ccccc4-c4ccc5c(c4)oc4ccccc45)nc(-c4ccccc4)n3)c2)cc1. The van der Waals surface area contributed by atoms with E-state index in [0.29, 0.717) is 5.82 Å². The fourth-order valence-corrected chi connectivity index (χ4v) is 5.79. The van der Waals surface area contributed by atoms with Crippen molar-refractivity contribution in [3.63, 3.8) is 0 Å². The van der Waals surface area contributed by atoms with E-state index < -0.39 is 0 Å². The Labute approximate surface area is 249 Å². The molecule has 0 aliphatic heterocycles. The van der Waals surface area contributed by atoms with Crippen molar-refractivity contribution in [1.82, 2.24) is 9.97 Å². The Morgan fingerprint density at radius 1 is 0.349 bits per heavy atom. The van der Waals surface area contributed by atoms with Crippen LogP contribution >= 0.6 is 0 Å². The molecule has 0 spiro atoms. The molecular formula is C40H26N2O. The maximum absolute atomic E-state index is 6.24. The van der Waals surface area contributed by atoms with Gasteiger partial charge in [-0.1, -0.05) is 127 Å². The van der Waals surface area contributed by atoms with Gasteiger partial charge in [-0.3, -0.25) is 0 Å². The molecule has 0 unspecified atom stereocenters. The molecule has 0 N–H and O–H groups in total. The van der Waals surface area contributed by atoms with Gasteiger partial charge in [0.15, 0.2) is 5.82 Å². The first-order valence-electron chi connectivity index (χ1n) is 14.4. The van der Waals surface area contributed by atoms with Crippen LogP contribution in [0.15, 0.2) is 162 Å². The van der Waals surface area contributed by atoms with E-state index in [9.17, 15) is 0 Å². The summed E-state index contributed by atoms with van der Waals surface area (Å²) >= 11 is 0. The average molecular weight is 551 g/mol. The van der Waals surface area contributed by atoms with Crippen LogP contribution < -0.4 is 0 Å². The van der Waals surface area contributed by atoms with Gasteiger partial charge in [0.25, 0.3) is 0 Å². The van der Waals surface area contributed by atoms with Gasteiger partial charge >= 0.3 is 0 Å². The van der Waals surface area contributed by atoms with Crippen LogP contribution in [-0.2, 0) is 0 Å². The van der Waals surface area contributed by atoms with Crippen LogP contribution in [0.25, 0.3) is 78.1 Å². The third kappa shape index (κ3) is 4.67. The molecule has 0 aliphatic rings. The van der Waals surface area contributed by atoms with Crippen molar-refractivity contribution in [2.45, 2.75) is 0 Å². The van der Waals surface area contributed by atoms with Crippen molar-refractivity contribution in [1.29, 1.82) is 0 Å². The van der Waals surface area contributed by atoms with Crippen molar-refractivity contribution in [2.24, 2.45) is 0 Å². The molecule has 202 valence electrons. The predicted molar refractivity (Wildman–Crippen MR) is 176 cm³/mol. The van der Waals surface area contributed by atoms with Crippen molar-refractivity contribution in [3.05, 3.63) is 158 Å². The summed E-state index contributed by atoms with van der Waals surface area (Å²) in [5.41, 5.74) is 11.1. The van der Waals surface area contributed by atoms with E-state index in [-0.39, 0.29) is 0 Å². The molecule has 0 saturated heterocycles. The summed E-state index contributed by atoms with van der Waals surface area (Å²) in [6.45, 7) is 0. The van der Waals surface area contributed by atoms with Gasteiger partial charge in [0.05, 0.1) is 11.4 Å². The topological polar surface area (TPSA) is 38.9 Å². The van der Waals surface area contributed by atoms with E-state index in [1.807, 2.05) is 42.5 Å². The molecule has 0 amide bonds. The first-order valence-corrected chi connectivity index (χ1v) is 14.4. The Morgan fingerprint density at radius 2 is 0.977 bits per heavy atom. The average Bonchev–Trinajstić information content (AvgIpc) is 3.47. The molecule has 6 aromatic carbocycles. The van der Waals surface area contributed by atoms with Crippen LogP contribution in [0.5, 0.6) is 0 Å². The number of hydrogen-bond acceptors (Lipinski definition) is 3. The molecule has 8 rings (SSSR count). The second kappa shape index (κ2) is 10.6. The van der Waals surface area contributed by atoms with E-state index in [1.54, 1.807) is 0 Å². The second-order valence-corrected chi connectivity index (χ2v) is 10.6. The third-order valence-electron chi connectivity index (χ3n) is 7.92. The minimum Gasteiger partial charge on any atom is -0.456 e. The minimum absolute atomic E-state index is 0.695. The summed E-state index contributed by atoms with van der Waals surface area (Å²) in [5.74, 6) is 0.695. The Hall–Kier alpha value is -5.80. The van der Waals surface area contributed by atoms with Crippen LogP contribution in [0, 0.1) is 0 Å². The first kappa shape index (κ1) is 25.0. The highest BCUT2D eigenvalue weighted by molar-refractivity contribution is 6.06. The summed E-state index contributed by atoms with van der Waals surface area (Å²) in [4.78, 5) is 10.2. The van der Waals surface area contributed by atoms with Crippen LogP contribution in [0.2, 0.25) is 0 Å². The number of fused-ring (bicyclic) bond motifs is 3. The van der Waals surface area contributed by atoms with Crippen molar-refractivity contribution in [3.8, 4) is 56.2 Å². The molecule has 2 heterocycles. The Kier molecular flexibility index (Phi) is 6.12. The standard InChI is InChI=1S/C40H26N2O/c1-3-12-27(13-4-1)29-16-11-17-31(24-29)36-26-37(42-40(41-36)28-14-5-2-6-15-28)33-19-8-7-18-32(33)30-22-23-35-34-20-9-10-21-38(34)43-39(35)25-30/h1-26H. The van der Waals surface area contributed by atoms with Crippen LogP contribution in [0.4, 0.5) is 0 Å². The van der Waals surface area contributed by atoms with Crippen LogP contribution in [0.1, 0.15) is 0 Å². The molecule has 0 fully saturated rings. The number of para-hydroxylation sites is 1. The van der Waals surface area contributed by atoms with Crippen molar-refractivity contribution < 1.29 is 4.42 Å². The zero-order chi connectivity index (χ0) is 28.6. The van der Waals surface area contributed by atoms with Gasteiger partial charge in [0, 0.05) is 27.5 Å². The highest BCUT2D eigenvalue weighted by Crippen LogP contribution is 2.37. The van der Waals surface area contributed by atoms with E-state index >= 15 is 0 Å². The predicted octanol–water partition coefficient (Wildman–Crippen LogP) is 10.7. The summed E-state index contributed by atoms with van der Waals surface area (Å²) in [6, 6.07) is 54.4. The number of hydrogen-bond donors (Lipinski definition) is 0. The summed E-state index contributed by atoms with van der Waals surface area (Å²) in [5, 5.41) is 2.24. The smallest absolute Gasteiger partial charge is 0.160 e. The quantitative estimate of drug-likeness (QED) is 0.214. The van der Waals surface area contributed by atoms with Gasteiger partial charge in [0.1, 0.15) is 11.2 Å². The maximum atomic E-state index is 6.24. The van der Waals surface area contributed by atoms with Crippen molar-refractivity contribution in [2.75, 3.05) is 0 Å².